The van der Waals surface area contributed by atoms with Crippen LogP contribution in [0, 0.1) is 5.92 Å². The van der Waals surface area contributed by atoms with Crippen LogP contribution in [-0.4, -0.2) is 30.3 Å². The molecule has 1 amide bonds. The largest absolute Gasteiger partial charge is 0.396 e. The Morgan fingerprint density at radius 2 is 1.87 bits per heavy atom. The van der Waals surface area contributed by atoms with Crippen molar-refractivity contribution in [2.45, 2.75) is 33.4 Å². The Morgan fingerprint density at radius 3 is 2.13 bits per heavy atom. The fourth-order valence-corrected chi connectivity index (χ4v) is 0.817. The highest BCUT2D eigenvalue weighted by Crippen LogP contribution is 2.24. The molecular formula is C9H18F3NO2. The molecule has 92 valence electrons. The van der Waals surface area contributed by atoms with E-state index in [4.69, 9.17) is 5.11 Å². The summed E-state index contributed by atoms with van der Waals surface area (Å²) in [5, 5.41) is 10.8. The number of halogens is 3. The van der Waals surface area contributed by atoms with E-state index in [1.54, 1.807) is 0 Å². The van der Waals surface area contributed by atoms with Gasteiger partial charge in [0.1, 0.15) is 0 Å². The van der Waals surface area contributed by atoms with Gasteiger partial charge in [0.2, 0.25) is 5.91 Å². The summed E-state index contributed by atoms with van der Waals surface area (Å²) >= 11 is 0. The van der Waals surface area contributed by atoms with Gasteiger partial charge in [-0.1, -0.05) is 13.8 Å². The van der Waals surface area contributed by atoms with E-state index >= 15 is 0 Å². The first-order valence-electron chi connectivity index (χ1n) is 4.77. The second-order valence-electron chi connectivity index (χ2n) is 2.80. The highest BCUT2D eigenvalue weighted by Gasteiger charge is 2.31. The molecule has 3 nitrogen and oxygen atoms in total. The lowest BCUT2D eigenvalue weighted by atomic mass is 10.1. The lowest BCUT2D eigenvalue weighted by molar-refractivity contribution is -0.147. The number of alkyl halides is 3. The average molecular weight is 229 g/mol. The lowest BCUT2D eigenvalue weighted by Crippen LogP contribution is -2.31. The number of amides is 1. The van der Waals surface area contributed by atoms with Crippen molar-refractivity contribution >= 4 is 5.91 Å². The summed E-state index contributed by atoms with van der Waals surface area (Å²) in [6.07, 6.45) is -5.38. The molecule has 1 unspecified atom stereocenters. The van der Waals surface area contributed by atoms with E-state index in [1.807, 2.05) is 13.8 Å². The average Bonchev–Trinajstić information content (AvgIpc) is 2.13. The zero-order valence-electron chi connectivity index (χ0n) is 9.19. The maximum absolute atomic E-state index is 11.8. The maximum atomic E-state index is 11.8. The Kier molecular flexibility index (Phi) is 9.46. The van der Waals surface area contributed by atoms with Crippen LogP contribution in [-0.2, 0) is 4.79 Å². The van der Waals surface area contributed by atoms with Gasteiger partial charge in [-0.2, -0.15) is 13.2 Å². The first-order chi connectivity index (χ1) is 6.85. The molecule has 0 bridgehead atoms. The second-order valence-corrected chi connectivity index (χ2v) is 2.80. The molecule has 0 saturated carbocycles. The number of carbonyl (C=O) groups excluding carboxylic acids is 1. The smallest absolute Gasteiger partial charge is 0.389 e. The van der Waals surface area contributed by atoms with Crippen LogP contribution in [0.1, 0.15) is 27.2 Å². The summed E-state index contributed by atoms with van der Waals surface area (Å²) in [5.41, 5.74) is 0. The minimum atomic E-state index is -4.30. The fourth-order valence-electron chi connectivity index (χ4n) is 0.817. The predicted molar refractivity (Wildman–Crippen MR) is 51.3 cm³/mol. The number of rotatable bonds is 4. The number of hydrogen-bond donors (Lipinski definition) is 2. The number of aliphatic hydroxyl groups excluding tert-OH is 1. The van der Waals surface area contributed by atoms with E-state index in [-0.39, 0.29) is 6.54 Å². The number of carbonyl (C=O) groups is 1. The summed E-state index contributed by atoms with van der Waals surface area (Å²) in [5.74, 6) is -1.36. The molecule has 2 N–H and O–H groups in total. The highest BCUT2D eigenvalue weighted by molar-refractivity contribution is 5.72. The van der Waals surface area contributed by atoms with Crippen molar-refractivity contribution in [1.29, 1.82) is 0 Å². The zero-order valence-corrected chi connectivity index (χ0v) is 9.19. The molecule has 6 heteroatoms. The summed E-state index contributed by atoms with van der Waals surface area (Å²) < 4.78 is 35.4. The standard InChI is InChI=1S/C7H12F3NO2.C2H6/c1-5(13)11-3-6(4-12)2-7(8,9)10;1-2/h6,12H,2-4H2,1H3,(H,11,13);1-2H3. The Hall–Kier alpha value is -0.780. The minimum Gasteiger partial charge on any atom is -0.396 e. The summed E-state index contributed by atoms with van der Waals surface area (Å²) in [7, 11) is 0. The summed E-state index contributed by atoms with van der Waals surface area (Å²) in [6, 6.07) is 0. The predicted octanol–water partition coefficient (Wildman–Crippen LogP) is 1.71. The molecule has 0 aromatic rings. The van der Waals surface area contributed by atoms with Crippen LogP contribution in [0.2, 0.25) is 0 Å². The SMILES string of the molecule is CC.CC(=O)NCC(CO)CC(F)(F)F. The molecule has 0 aliphatic carbocycles. The van der Waals surface area contributed by atoms with Crippen molar-refractivity contribution < 1.29 is 23.1 Å². The summed E-state index contributed by atoms with van der Waals surface area (Å²) in [6.45, 7) is 4.48. The number of nitrogens with one attached hydrogen (secondary N) is 1. The van der Waals surface area contributed by atoms with E-state index in [0.717, 1.165) is 0 Å². The Balaban J connectivity index is 0. The molecule has 1 atom stereocenters. The van der Waals surface area contributed by atoms with Crippen LogP contribution in [0.4, 0.5) is 13.2 Å². The van der Waals surface area contributed by atoms with Gasteiger partial charge in [0, 0.05) is 26.0 Å². The van der Waals surface area contributed by atoms with Crippen LogP contribution >= 0.6 is 0 Å². The van der Waals surface area contributed by atoms with Gasteiger partial charge in [-0.25, -0.2) is 0 Å². The van der Waals surface area contributed by atoms with Crippen molar-refractivity contribution in [1.82, 2.24) is 5.32 Å². The Bertz CT molecular complexity index is 171. The number of hydrogen-bond acceptors (Lipinski definition) is 2. The van der Waals surface area contributed by atoms with E-state index < -0.39 is 31.0 Å². The maximum Gasteiger partial charge on any atom is 0.389 e. The molecule has 0 aliphatic heterocycles. The lowest BCUT2D eigenvalue weighted by Gasteiger charge is -2.15. The van der Waals surface area contributed by atoms with Gasteiger partial charge in [-0.3, -0.25) is 4.79 Å². The molecule has 15 heavy (non-hydrogen) atoms. The van der Waals surface area contributed by atoms with Crippen LogP contribution in [0.25, 0.3) is 0 Å². The molecule has 0 aromatic heterocycles. The third kappa shape index (κ3) is 13.2. The quantitative estimate of drug-likeness (QED) is 0.771. The van der Waals surface area contributed by atoms with Gasteiger partial charge >= 0.3 is 6.18 Å². The third-order valence-electron chi connectivity index (χ3n) is 1.42. The molecule has 0 fully saturated rings. The van der Waals surface area contributed by atoms with Crippen LogP contribution in [0.5, 0.6) is 0 Å². The molecular weight excluding hydrogens is 211 g/mol. The Labute approximate surface area is 87.7 Å². The topological polar surface area (TPSA) is 49.3 Å². The van der Waals surface area contributed by atoms with Crippen molar-refractivity contribution in [3.05, 3.63) is 0 Å². The van der Waals surface area contributed by atoms with Crippen molar-refractivity contribution in [2.24, 2.45) is 5.92 Å². The number of aliphatic hydroxyl groups is 1. The normalized spacial score (nSPS) is 12.5. The second kappa shape index (κ2) is 8.52. The molecule has 0 radical (unpaired) electrons. The minimum absolute atomic E-state index is 0.147. The van der Waals surface area contributed by atoms with Gasteiger partial charge in [0.05, 0.1) is 6.42 Å². The van der Waals surface area contributed by atoms with Crippen LogP contribution in [0.3, 0.4) is 0 Å². The summed E-state index contributed by atoms with van der Waals surface area (Å²) in [4.78, 5) is 10.4. The zero-order chi connectivity index (χ0) is 12.5. The molecule has 0 aromatic carbocycles. The fraction of sp³-hybridized carbons (Fsp3) is 0.889. The third-order valence-corrected chi connectivity index (χ3v) is 1.42. The monoisotopic (exact) mass is 229 g/mol. The van der Waals surface area contributed by atoms with E-state index in [9.17, 15) is 18.0 Å². The van der Waals surface area contributed by atoms with Crippen LogP contribution in [0.15, 0.2) is 0 Å². The molecule has 0 rings (SSSR count). The first kappa shape index (κ1) is 16.6. The van der Waals surface area contributed by atoms with E-state index in [2.05, 4.69) is 5.32 Å². The van der Waals surface area contributed by atoms with E-state index in [0.29, 0.717) is 0 Å². The van der Waals surface area contributed by atoms with Crippen LogP contribution < -0.4 is 5.32 Å². The van der Waals surface area contributed by atoms with Gasteiger partial charge in [0.15, 0.2) is 0 Å². The van der Waals surface area contributed by atoms with Gasteiger partial charge < -0.3 is 10.4 Å². The molecule has 0 aliphatic rings. The van der Waals surface area contributed by atoms with Gasteiger partial charge in [-0.05, 0) is 0 Å². The van der Waals surface area contributed by atoms with Crippen molar-refractivity contribution in [2.75, 3.05) is 13.2 Å². The van der Waals surface area contributed by atoms with Gasteiger partial charge in [-0.15, -0.1) is 0 Å². The van der Waals surface area contributed by atoms with Gasteiger partial charge in [0.25, 0.3) is 0 Å². The molecule has 0 heterocycles. The van der Waals surface area contributed by atoms with Crippen molar-refractivity contribution in [3.63, 3.8) is 0 Å². The Morgan fingerprint density at radius 1 is 1.40 bits per heavy atom. The first-order valence-corrected chi connectivity index (χ1v) is 4.77. The molecule has 0 spiro atoms. The van der Waals surface area contributed by atoms with Crippen molar-refractivity contribution in [3.8, 4) is 0 Å². The molecule has 0 saturated heterocycles. The van der Waals surface area contributed by atoms with E-state index in [1.165, 1.54) is 6.92 Å². The highest BCUT2D eigenvalue weighted by atomic mass is 19.4.